The largest absolute Gasteiger partial charge is 0.380 e. The molecular formula is C14H25N3O2S. The molecule has 1 unspecified atom stereocenters. The second kappa shape index (κ2) is 7.61. The fraction of sp³-hybridized carbons (Fsp3) is 0.571. The van der Waals surface area contributed by atoms with Crippen LogP contribution in [0.2, 0.25) is 0 Å². The van der Waals surface area contributed by atoms with E-state index in [1.165, 1.54) is 18.4 Å². The molecule has 1 aromatic rings. The van der Waals surface area contributed by atoms with Gasteiger partial charge in [0.2, 0.25) is 10.0 Å². The number of anilines is 1. The maximum Gasteiger partial charge on any atom is 0.244 e. The summed E-state index contributed by atoms with van der Waals surface area (Å²) in [5.41, 5.74) is 6.38. The summed E-state index contributed by atoms with van der Waals surface area (Å²) in [6.45, 7) is 2.61. The zero-order chi connectivity index (χ0) is 15.2. The minimum Gasteiger partial charge on any atom is -0.380 e. The highest BCUT2D eigenvalue weighted by molar-refractivity contribution is 7.89. The van der Waals surface area contributed by atoms with E-state index in [0.717, 1.165) is 19.3 Å². The van der Waals surface area contributed by atoms with Crippen molar-refractivity contribution in [2.45, 2.75) is 37.1 Å². The zero-order valence-corrected chi connectivity index (χ0v) is 13.3. The lowest BCUT2D eigenvalue weighted by atomic mass is 10.1. The van der Waals surface area contributed by atoms with Crippen molar-refractivity contribution in [2.75, 3.05) is 26.0 Å². The van der Waals surface area contributed by atoms with E-state index in [0.29, 0.717) is 17.1 Å². The molecule has 0 radical (unpaired) electrons. The Labute approximate surface area is 122 Å². The van der Waals surface area contributed by atoms with Gasteiger partial charge in [0.05, 0.1) is 5.69 Å². The van der Waals surface area contributed by atoms with Crippen LogP contribution < -0.4 is 11.1 Å². The molecule has 1 rings (SSSR count). The highest BCUT2D eigenvalue weighted by atomic mass is 32.2. The van der Waals surface area contributed by atoms with Gasteiger partial charge in [0, 0.05) is 26.7 Å². The van der Waals surface area contributed by atoms with E-state index in [1.807, 2.05) is 6.07 Å². The average Bonchev–Trinajstić information content (AvgIpc) is 2.43. The van der Waals surface area contributed by atoms with Crippen molar-refractivity contribution in [1.82, 2.24) is 4.31 Å². The Balaban J connectivity index is 3.02. The molecule has 0 saturated heterocycles. The molecule has 0 heterocycles. The normalized spacial score (nSPS) is 13.4. The molecule has 1 aromatic carbocycles. The van der Waals surface area contributed by atoms with Crippen molar-refractivity contribution in [3.8, 4) is 0 Å². The van der Waals surface area contributed by atoms with Crippen molar-refractivity contribution < 1.29 is 8.42 Å². The van der Waals surface area contributed by atoms with Crippen LogP contribution in [0, 0.1) is 0 Å². The zero-order valence-electron chi connectivity index (χ0n) is 12.5. The fourth-order valence-corrected chi connectivity index (χ4v) is 2.98. The number of unbranched alkanes of at least 4 members (excludes halogenated alkanes) is 1. The van der Waals surface area contributed by atoms with Crippen molar-refractivity contribution >= 4 is 15.7 Å². The number of benzene rings is 1. The van der Waals surface area contributed by atoms with Crippen LogP contribution in [0.15, 0.2) is 29.2 Å². The molecule has 0 bridgehead atoms. The van der Waals surface area contributed by atoms with Crippen LogP contribution in [-0.2, 0) is 10.0 Å². The van der Waals surface area contributed by atoms with Gasteiger partial charge in [-0.15, -0.1) is 0 Å². The van der Waals surface area contributed by atoms with Gasteiger partial charge in [0.1, 0.15) is 4.90 Å². The SMILES string of the molecule is CCCCC(CN)Nc1ccccc1S(=O)(=O)N(C)C. The van der Waals surface area contributed by atoms with Crippen LogP contribution in [0.4, 0.5) is 5.69 Å². The van der Waals surface area contributed by atoms with Crippen LogP contribution in [-0.4, -0.2) is 39.4 Å². The summed E-state index contributed by atoms with van der Waals surface area (Å²) < 4.78 is 25.8. The van der Waals surface area contributed by atoms with Crippen LogP contribution in [0.25, 0.3) is 0 Å². The summed E-state index contributed by atoms with van der Waals surface area (Å²) in [5, 5.41) is 3.26. The van der Waals surface area contributed by atoms with E-state index in [2.05, 4.69) is 12.2 Å². The molecule has 114 valence electrons. The van der Waals surface area contributed by atoms with Gasteiger partial charge < -0.3 is 11.1 Å². The monoisotopic (exact) mass is 299 g/mol. The summed E-state index contributed by atoms with van der Waals surface area (Å²) in [5.74, 6) is 0. The third-order valence-electron chi connectivity index (χ3n) is 3.20. The molecule has 0 aliphatic rings. The molecule has 20 heavy (non-hydrogen) atoms. The predicted octanol–water partition coefficient (Wildman–Crippen LogP) is 1.87. The lowest BCUT2D eigenvalue weighted by Gasteiger charge is -2.21. The second-order valence-corrected chi connectivity index (χ2v) is 7.12. The Hall–Kier alpha value is -1.11. The minimum atomic E-state index is -3.45. The Morgan fingerprint density at radius 1 is 1.30 bits per heavy atom. The molecule has 5 nitrogen and oxygen atoms in total. The Kier molecular flexibility index (Phi) is 6.45. The molecule has 1 atom stereocenters. The number of nitrogens with one attached hydrogen (secondary N) is 1. The summed E-state index contributed by atoms with van der Waals surface area (Å²) in [6, 6.07) is 7.04. The molecule has 0 spiro atoms. The minimum absolute atomic E-state index is 0.0912. The summed E-state index contributed by atoms with van der Waals surface area (Å²) in [4.78, 5) is 0.292. The van der Waals surface area contributed by atoms with Gasteiger partial charge in [-0.05, 0) is 18.6 Å². The third kappa shape index (κ3) is 4.19. The summed E-state index contributed by atoms with van der Waals surface area (Å²) >= 11 is 0. The number of nitrogens with zero attached hydrogens (tertiary/aromatic N) is 1. The van der Waals surface area contributed by atoms with E-state index in [9.17, 15) is 8.42 Å². The van der Waals surface area contributed by atoms with E-state index in [1.54, 1.807) is 18.2 Å². The van der Waals surface area contributed by atoms with E-state index >= 15 is 0 Å². The highest BCUT2D eigenvalue weighted by Gasteiger charge is 2.21. The fourth-order valence-electron chi connectivity index (χ4n) is 1.93. The van der Waals surface area contributed by atoms with Gasteiger partial charge in [-0.25, -0.2) is 12.7 Å². The lowest BCUT2D eigenvalue weighted by Crippen LogP contribution is -2.30. The van der Waals surface area contributed by atoms with Crippen LogP contribution in [0.5, 0.6) is 0 Å². The Bertz CT molecular complexity index is 515. The maximum absolute atomic E-state index is 12.3. The average molecular weight is 299 g/mol. The highest BCUT2D eigenvalue weighted by Crippen LogP contribution is 2.24. The van der Waals surface area contributed by atoms with Crippen molar-refractivity contribution in [1.29, 1.82) is 0 Å². The number of hydrogen-bond donors (Lipinski definition) is 2. The summed E-state index contributed by atoms with van der Waals surface area (Å²) in [6.07, 6.45) is 3.09. The Morgan fingerprint density at radius 2 is 1.95 bits per heavy atom. The van der Waals surface area contributed by atoms with Gasteiger partial charge in [-0.3, -0.25) is 0 Å². The standard InChI is InChI=1S/C14H25N3O2S/c1-4-5-8-12(11-15)16-13-9-6-7-10-14(13)20(18,19)17(2)3/h6-7,9-10,12,16H,4-5,8,11,15H2,1-3H3. The number of sulfonamides is 1. The molecule has 0 amide bonds. The van der Waals surface area contributed by atoms with Gasteiger partial charge in [-0.1, -0.05) is 31.9 Å². The first kappa shape index (κ1) is 16.9. The van der Waals surface area contributed by atoms with Crippen molar-refractivity contribution in [2.24, 2.45) is 5.73 Å². The van der Waals surface area contributed by atoms with E-state index in [-0.39, 0.29) is 6.04 Å². The molecule has 0 aliphatic carbocycles. The molecule has 0 fully saturated rings. The smallest absolute Gasteiger partial charge is 0.244 e. The number of para-hydroxylation sites is 1. The first-order chi connectivity index (χ1) is 9.43. The molecule has 0 aromatic heterocycles. The first-order valence-electron chi connectivity index (χ1n) is 6.91. The predicted molar refractivity (Wildman–Crippen MR) is 83.3 cm³/mol. The third-order valence-corrected chi connectivity index (χ3v) is 5.07. The number of hydrogen-bond acceptors (Lipinski definition) is 4. The van der Waals surface area contributed by atoms with Gasteiger partial charge in [-0.2, -0.15) is 0 Å². The van der Waals surface area contributed by atoms with Crippen LogP contribution in [0.1, 0.15) is 26.2 Å². The van der Waals surface area contributed by atoms with Gasteiger partial charge >= 0.3 is 0 Å². The first-order valence-corrected chi connectivity index (χ1v) is 8.35. The van der Waals surface area contributed by atoms with Gasteiger partial charge in [0.15, 0.2) is 0 Å². The molecular weight excluding hydrogens is 274 g/mol. The summed E-state index contributed by atoms with van der Waals surface area (Å²) in [7, 11) is -0.389. The molecule has 3 N–H and O–H groups in total. The van der Waals surface area contributed by atoms with Crippen molar-refractivity contribution in [3.63, 3.8) is 0 Å². The molecule has 0 aliphatic heterocycles. The quantitative estimate of drug-likeness (QED) is 0.768. The van der Waals surface area contributed by atoms with Crippen LogP contribution >= 0.6 is 0 Å². The lowest BCUT2D eigenvalue weighted by molar-refractivity contribution is 0.520. The molecule has 0 saturated carbocycles. The number of rotatable bonds is 8. The molecule has 6 heteroatoms. The topological polar surface area (TPSA) is 75.4 Å². The Morgan fingerprint density at radius 3 is 2.50 bits per heavy atom. The maximum atomic E-state index is 12.3. The van der Waals surface area contributed by atoms with Crippen molar-refractivity contribution in [3.05, 3.63) is 24.3 Å². The second-order valence-electron chi connectivity index (χ2n) is 5.00. The number of nitrogens with two attached hydrogens (primary N) is 1. The van der Waals surface area contributed by atoms with Crippen LogP contribution in [0.3, 0.4) is 0 Å². The van der Waals surface area contributed by atoms with E-state index < -0.39 is 10.0 Å². The van der Waals surface area contributed by atoms with E-state index in [4.69, 9.17) is 5.73 Å². The van der Waals surface area contributed by atoms with Gasteiger partial charge in [0.25, 0.3) is 0 Å².